The third kappa shape index (κ3) is 5.95. The molecule has 0 aromatic rings. The minimum absolute atomic E-state index is 0.888. The molecule has 2 aliphatic rings. The van der Waals surface area contributed by atoms with Crippen LogP contribution in [0, 0.1) is 0 Å². The van der Waals surface area contributed by atoms with Crippen molar-refractivity contribution in [1.82, 2.24) is 9.80 Å². The largest absolute Gasteiger partial charge is 0.302 e. The van der Waals surface area contributed by atoms with Crippen LogP contribution >= 0.6 is 12.6 Å². The van der Waals surface area contributed by atoms with Gasteiger partial charge < -0.3 is 4.90 Å². The molecule has 2 rings (SSSR count). The van der Waals surface area contributed by atoms with Gasteiger partial charge in [-0.05, 0) is 64.0 Å². The molecule has 20 heavy (non-hydrogen) atoms. The predicted molar refractivity (Wildman–Crippen MR) is 91.8 cm³/mol. The van der Waals surface area contributed by atoms with Crippen molar-refractivity contribution in [1.29, 1.82) is 0 Å². The summed E-state index contributed by atoms with van der Waals surface area (Å²) in [5, 5.41) is 0. The molecule has 1 atom stereocenters. The summed E-state index contributed by atoms with van der Waals surface area (Å²) in [7, 11) is 0. The average molecular weight is 299 g/mol. The Morgan fingerprint density at radius 2 is 1.50 bits per heavy atom. The number of hydrogen-bond donors (Lipinski definition) is 1. The first kappa shape index (κ1) is 16.6. The topological polar surface area (TPSA) is 6.48 Å². The third-order valence-corrected chi connectivity index (χ3v) is 5.34. The molecule has 0 bridgehead atoms. The van der Waals surface area contributed by atoms with Gasteiger partial charge in [-0.3, -0.25) is 4.90 Å². The van der Waals surface area contributed by atoms with E-state index in [1.54, 1.807) is 0 Å². The van der Waals surface area contributed by atoms with Gasteiger partial charge in [0.15, 0.2) is 0 Å². The van der Waals surface area contributed by atoms with Crippen LogP contribution in [0.5, 0.6) is 0 Å². The highest BCUT2D eigenvalue weighted by atomic mass is 32.1. The van der Waals surface area contributed by atoms with Gasteiger partial charge in [-0.2, -0.15) is 12.6 Å². The summed E-state index contributed by atoms with van der Waals surface area (Å²) in [6.45, 7) is 6.76. The summed E-state index contributed by atoms with van der Waals surface area (Å²) in [5.74, 6) is 1.06. The number of thiol groups is 1. The molecule has 0 radical (unpaired) electrons. The Morgan fingerprint density at radius 1 is 0.800 bits per heavy atom. The summed E-state index contributed by atoms with van der Waals surface area (Å²) >= 11 is 4.26. The number of nitrogens with zero attached hydrogens (tertiary/aromatic N) is 2. The third-order valence-electron chi connectivity index (χ3n) is 5.02. The molecule has 0 amide bonds. The van der Waals surface area contributed by atoms with E-state index in [4.69, 9.17) is 0 Å². The minimum Gasteiger partial charge on any atom is -0.302 e. The highest BCUT2D eigenvalue weighted by Crippen LogP contribution is 2.21. The first-order valence-corrected chi connectivity index (χ1v) is 9.60. The maximum Gasteiger partial charge on any atom is 0.0223 e. The lowest BCUT2D eigenvalue weighted by molar-refractivity contribution is 0.217. The van der Waals surface area contributed by atoms with Crippen molar-refractivity contribution in [3.8, 4) is 0 Å². The number of rotatable bonds is 9. The van der Waals surface area contributed by atoms with E-state index in [0.29, 0.717) is 0 Å². The van der Waals surface area contributed by atoms with Gasteiger partial charge in [0.05, 0.1) is 0 Å². The highest BCUT2D eigenvalue weighted by Gasteiger charge is 2.28. The predicted octanol–water partition coefficient (Wildman–Crippen LogP) is 3.82. The first-order valence-electron chi connectivity index (χ1n) is 8.97. The van der Waals surface area contributed by atoms with E-state index >= 15 is 0 Å². The number of fused-ring (bicyclic) bond motifs is 1. The number of unbranched alkanes of at least 4 members (excludes halogenated alkanes) is 6. The quantitative estimate of drug-likeness (QED) is 0.511. The molecular formula is C17H34N2S. The van der Waals surface area contributed by atoms with Gasteiger partial charge in [-0.15, -0.1) is 0 Å². The summed E-state index contributed by atoms with van der Waals surface area (Å²) in [6.07, 6.45) is 14.1. The molecule has 2 heterocycles. The van der Waals surface area contributed by atoms with Crippen LogP contribution < -0.4 is 0 Å². The molecule has 0 aliphatic carbocycles. The molecule has 0 aromatic carbocycles. The van der Waals surface area contributed by atoms with Gasteiger partial charge in [-0.1, -0.05) is 32.1 Å². The van der Waals surface area contributed by atoms with Crippen LogP contribution in [0.15, 0.2) is 0 Å². The Bertz CT molecular complexity index is 247. The van der Waals surface area contributed by atoms with Crippen molar-refractivity contribution in [2.45, 2.75) is 70.3 Å². The standard InChI is InChI=1S/C17H34N2S/c20-15-7-5-3-1-2-4-6-11-18-12-9-14-19-13-8-10-17(19)16-18/h17,20H,1-16H2. The van der Waals surface area contributed by atoms with Crippen LogP contribution in [0.2, 0.25) is 0 Å². The van der Waals surface area contributed by atoms with Crippen molar-refractivity contribution in [2.75, 3.05) is 38.5 Å². The van der Waals surface area contributed by atoms with Crippen molar-refractivity contribution < 1.29 is 0 Å². The van der Waals surface area contributed by atoms with E-state index in [0.717, 1.165) is 11.8 Å². The van der Waals surface area contributed by atoms with E-state index in [1.165, 1.54) is 96.9 Å². The lowest BCUT2D eigenvalue weighted by Crippen LogP contribution is -2.36. The van der Waals surface area contributed by atoms with Gasteiger partial charge in [0.1, 0.15) is 0 Å². The maximum absolute atomic E-state index is 4.26. The van der Waals surface area contributed by atoms with Crippen LogP contribution in [-0.2, 0) is 0 Å². The molecule has 0 aromatic heterocycles. The average Bonchev–Trinajstić information content (AvgIpc) is 2.80. The zero-order valence-electron chi connectivity index (χ0n) is 13.2. The van der Waals surface area contributed by atoms with Crippen molar-refractivity contribution in [2.24, 2.45) is 0 Å². The Balaban J connectivity index is 1.48. The van der Waals surface area contributed by atoms with Gasteiger partial charge >= 0.3 is 0 Å². The minimum atomic E-state index is 0.888. The Hall–Kier alpha value is 0.270. The van der Waals surface area contributed by atoms with E-state index in [-0.39, 0.29) is 0 Å². The Morgan fingerprint density at radius 3 is 2.30 bits per heavy atom. The molecule has 2 fully saturated rings. The van der Waals surface area contributed by atoms with Crippen LogP contribution in [0.3, 0.4) is 0 Å². The molecule has 0 N–H and O–H groups in total. The summed E-state index contributed by atoms with van der Waals surface area (Å²) < 4.78 is 0. The molecule has 3 heteroatoms. The van der Waals surface area contributed by atoms with Gasteiger partial charge in [0, 0.05) is 12.6 Å². The molecule has 0 spiro atoms. The monoisotopic (exact) mass is 298 g/mol. The van der Waals surface area contributed by atoms with E-state index in [2.05, 4.69) is 22.4 Å². The van der Waals surface area contributed by atoms with Crippen molar-refractivity contribution >= 4 is 12.6 Å². The zero-order chi connectivity index (χ0) is 14.0. The lowest BCUT2D eigenvalue weighted by Gasteiger charge is -2.25. The summed E-state index contributed by atoms with van der Waals surface area (Å²) in [6, 6.07) is 0.888. The SMILES string of the molecule is SCCCCCCCCCN1CCCN2CCCC2C1. The van der Waals surface area contributed by atoms with E-state index in [9.17, 15) is 0 Å². The van der Waals surface area contributed by atoms with Gasteiger partial charge in [-0.25, -0.2) is 0 Å². The van der Waals surface area contributed by atoms with Crippen LogP contribution in [0.1, 0.15) is 64.2 Å². The van der Waals surface area contributed by atoms with Crippen molar-refractivity contribution in [3.63, 3.8) is 0 Å². The smallest absolute Gasteiger partial charge is 0.0223 e. The van der Waals surface area contributed by atoms with Crippen molar-refractivity contribution in [3.05, 3.63) is 0 Å². The highest BCUT2D eigenvalue weighted by molar-refractivity contribution is 7.80. The normalized spacial score (nSPS) is 24.8. The fraction of sp³-hybridized carbons (Fsp3) is 1.00. The van der Waals surface area contributed by atoms with Crippen LogP contribution in [0.4, 0.5) is 0 Å². The molecule has 2 saturated heterocycles. The molecule has 2 nitrogen and oxygen atoms in total. The second-order valence-corrected chi connectivity index (χ2v) is 7.13. The van der Waals surface area contributed by atoms with Crippen LogP contribution in [0.25, 0.3) is 0 Å². The number of hydrogen-bond acceptors (Lipinski definition) is 3. The summed E-state index contributed by atoms with van der Waals surface area (Å²) in [4.78, 5) is 5.48. The molecule has 118 valence electrons. The lowest BCUT2D eigenvalue weighted by atomic mass is 10.1. The molecule has 2 aliphatic heterocycles. The molecular weight excluding hydrogens is 264 g/mol. The zero-order valence-corrected chi connectivity index (χ0v) is 14.1. The summed E-state index contributed by atoms with van der Waals surface area (Å²) in [5.41, 5.74) is 0. The fourth-order valence-electron chi connectivity index (χ4n) is 3.82. The van der Waals surface area contributed by atoms with Gasteiger partial charge in [0.25, 0.3) is 0 Å². The Labute approximate surface area is 131 Å². The fourth-order valence-corrected chi connectivity index (χ4v) is 4.04. The van der Waals surface area contributed by atoms with E-state index < -0.39 is 0 Å². The molecule has 1 unspecified atom stereocenters. The van der Waals surface area contributed by atoms with Crippen LogP contribution in [-0.4, -0.2) is 54.3 Å². The second kappa shape index (κ2) is 10.1. The molecule has 0 saturated carbocycles. The van der Waals surface area contributed by atoms with Gasteiger partial charge in [0.2, 0.25) is 0 Å². The Kier molecular flexibility index (Phi) is 8.38. The maximum atomic E-state index is 4.26. The van der Waals surface area contributed by atoms with E-state index in [1.807, 2.05) is 0 Å². The first-order chi connectivity index (χ1) is 9.90. The second-order valence-electron chi connectivity index (χ2n) is 6.68.